The highest BCUT2D eigenvalue weighted by molar-refractivity contribution is 5.83. The fraction of sp³-hybridized carbons (Fsp3) is 0.522. The Kier molecular flexibility index (Phi) is 7.17. The minimum Gasteiger partial charge on any atom is -0.361 e. The van der Waals surface area contributed by atoms with Crippen LogP contribution in [0.3, 0.4) is 0 Å². The van der Waals surface area contributed by atoms with Crippen LogP contribution in [0.4, 0.5) is 4.39 Å². The number of hydrogen-bond acceptors (Lipinski definition) is 3. The average molecular weight is 426 g/mol. The smallest absolute Gasteiger partial charge is 0.191 e. The van der Waals surface area contributed by atoms with Gasteiger partial charge in [-0.05, 0) is 56.4 Å². The minimum atomic E-state index is -0.208. The van der Waals surface area contributed by atoms with Crippen molar-refractivity contribution in [2.45, 2.75) is 58.4 Å². The maximum Gasteiger partial charge on any atom is 0.191 e. The van der Waals surface area contributed by atoms with Gasteiger partial charge in [0.1, 0.15) is 17.5 Å². The Morgan fingerprint density at radius 2 is 2.13 bits per heavy atom. The first-order chi connectivity index (χ1) is 15.2. The molecule has 3 aromatic rings. The molecule has 7 nitrogen and oxygen atoms in total. The van der Waals surface area contributed by atoms with Gasteiger partial charge in [-0.3, -0.25) is 4.99 Å². The third-order valence-electron chi connectivity index (χ3n) is 5.77. The zero-order valence-corrected chi connectivity index (χ0v) is 18.3. The molecular formula is C23H32FN7. The fourth-order valence-corrected chi connectivity index (χ4v) is 4.17. The molecule has 1 aliphatic rings. The second kappa shape index (κ2) is 10.4. The lowest BCUT2D eigenvalue weighted by Gasteiger charge is -2.11. The van der Waals surface area contributed by atoms with Crippen molar-refractivity contribution in [1.82, 2.24) is 30.4 Å². The van der Waals surface area contributed by atoms with Gasteiger partial charge in [-0.15, -0.1) is 10.2 Å². The molecule has 0 aliphatic carbocycles. The van der Waals surface area contributed by atoms with Crippen LogP contribution >= 0.6 is 0 Å². The predicted octanol–water partition coefficient (Wildman–Crippen LogP) is 3.36. The maximum atomic E-state index is 13.6. The van der Waals surface area contributed by atoms with Crippen molar-refractivity contribution in [3.8, 4) is 0 Å². The van der Waals surface area contributed by atoms with Crippen LogP contribution in [-0.2, 0) is 25.8 Å². The summed E-state index contributed by atoms with van der Waals surface area (Å²) in [6.07, 6.45) is 9.34. The average Bonchev–Trinajstić information content (AvgIpc) is 3.26. The normalized spacial score (nSPS) is 14.5. The molecule has 0 amide bonds. The van der Waals surface area contributed by atoms with E-state index >= 15 is 0 Å². The lowest BCUT2D eigenvalue weighted by molar-refractivity contribution is 0.597. The summed E-state index contributed by atoms with van der Waals surface area (Å²) in [7, 11) is 0. The number of aromatic amines is 1. The van der Waals surface area contributed by atoms with Gasteiger partial charge in [0.05, 0.1) is 0 Å². The Bertz CT molecular complexity index is 1020. The number of aryl methyl sites for hydroxylation is 2. The minimum absolute atomic E-state index is 0.208. The summed E-state index contributed by atoms with van der Waals surface area (Å²) >= 11 is 0. The Morgan fingerprint density at radius 3 is 3.03 bits per heavy atom. The lowest BCUT2D eigenvalue weighted by Crippen LogP contribution is -2.38. The molecule has 8 heteroatoms. The van der Waals surface area contributed by atoms with E-state index in [9.17, 15) is 4.39 Å². The van der Waals surface area contributed by atoms with Gasteiger partial charge in [-0.25, -0.2) is 4.39 Å². The highest BCUT2D eigenvalue weighted by Crippen LogP contribution is 2.19. The van der Waals surface area contributed by atoms with Gasteiger partial charge in [0, 0.05) is 56.1 Å². The summed E-state index contributed by atoms with van der Waals surface area (Å²) < 4.78 is 15.9. The summed E-state index contributed by atoms with van der Waals surface area (Å²) in [6.45, 7) is 5.37. The fourth-order valence-electron chi connectivity index (χ4n) is 4.17. The van der Waals surface area contributed by atoms with E-state index < -0.39 is 0 Å². The molecule has 0 saturated carbocycles. The van der Waals surface area contributed by atoms with Crippen molar-refractivity contribution in [3.63, 3.8) is 0 Å². The molecule has 0 unspecified atom stereocenters. The molecule has 0 radical (unpaired) electrons. The number of fused-ring (bicyclic) bond motifs is 2. The highest BCUT2D eigenvalue weighted by atomic mass is 19.1. The van der Waals surface area contributed by atoms with Crippen molar-refractivity contribution in [3.05, 3.63) is 47.4 Å². The van der Waals surface area contributed by atoms with Crippen LogP contribution in [0.25, 0.3) is 10.9 Å². The first-order valence-corrected chi connectivity index (χ1v) is 11.4. The predicted molar refractivity (Wildman–Crippen MR) is 122 cm³/mol. The van der Waals surface area contributed by atoms with Crippen LogP contribution in [0.1, 0.15) is 49.8 Å². The molecule has 0 saturated heterocycles. The van der Waals surface area contributed by atoms with Crippen molar-refractivity contribution >= 4 is 16.9 Å². The van der Waals surface area contributed by atoms with Crippen LogP contribution in [0.15, 0.2) is 29.4 Å². The van der Waals surface area contributed by atoms with Gasteiger partial charge >= 0.3 is 0 Å². The summed E-state index contributed by atoms with van der Waals surface area (Å²) in [5.74, 6) is 2.84. The molecule has 0 fully saturated rings. The Balaban J connectivity index is 1.27. The van der Waals surface area contributed by atoms with Crippen molar-refractivity contribution < 1.29 is 4.39 Å². The van der Waals surface area contributed by atoms with E-state index in [0.29, 0.717) is 0 Å². The molecule has 1 aromatic carbocycles. The first kappa shape index (κ1) is 21.3. The third-order valence-corrected chi connectivity index (χ3v) is 5.77. The topological polar surface area (TPSA) is 82.9 Å². The van der Waals surface area contributed by atoms with Gasteiger partial charge in [-0.1, -0.05) is 6.42 Å². The number of aromatic nitrogens is 4. The van der Waals surface area contributed by atoms with Crippen LogP contribution in [0.5, 0.6) is 0 Å². The second-order valence-electron chi connectivity index (χ2n) is 8.04. The van der Waals surface area contributed by atoms with E-state index in [1.54, 1.807) is 12.1 Å². The molecule has 2 aromatic heterocycles. The number of rotatable bonds is 8. The van der Waals surface area contributed by atoms with Crippen molar-refractivity contribution in [2.75, 3.05) is 19.6 Å². The number of nitrogens with zero attached hydrogens (tertiary/aromatic N) is 4. The molecule has 166 valence electrons. The van der Waals surface area contributed by atoms with E-state index in [1.807, 2.05) is 6.20 Å². The van der Waals surface area contributed by atoms with Gasteiger partial charge < -0.3 is 20.2 Å². The van der Waals surface area contributed by atoms with Gasteiger partial charge in [-0.2, -0.15) is 0 Å². The van der Waals surface area contributed by atoms with Gasteiger partial charge in [0.15, 0.2) is 5.96 Å². The summed E-state index contributed by atoms with van der Waals surface area (Å²) in [5, 5.41) is 16.4. The van der Waals surface area contributed by atoms with Crippen LogP contribution in [0.2, 0.25) is 0 Å². The van der Waals surface area contributed by atoms with E-state index in [2.05, 4.69) is 37.3 Å². The molecule has 3 heterocycles. The summed E-state index contributed by atoms with van der Waals surface area (Å²) in [6, 6.07) is 4.85. The van der Waals surface area contributed by atoms with Crippen LogP contribution in [0, 0.1) is 5.82 Å². The molecular weight excluding hydrogens is 393 g/mol. The number of hydrogen-bond donors (Lipinski definition) is 3. The number of H-pyrrole nitrogens is 1. The largest absolute Gasteiger partial charge is 0.361 e. The zero-order valence-electron chi connectivity index (χ0n) is 18.3. The quantitative estimate of drug-likeness (QED) is 0.294. The Morgan fingerprint density at radius 1 is 1.19 bits per heavy atom. The standard InChI is InChI=1S/C23H32FN7/c1-2-25-23(27-13-11-17-16-28-20-10-9-18(24)15-19(17)20)26-12-6-8-22-30-29-21-7-4-3-5-14-31(21)22/h9-10,15-16,28H,2-8,11-14H2,1H3,(H2,25,26,27). The zero-order chi connectivity index (χ0) is 21.5. The molecule has 0 atom stereocenters. The van der Waals surface area contributed by atoms with Gasteiger partial charge in [0.2, 0.25) is 0 Å². The molecule has 3 N–H and O–H groups in total. The second-order valence-corrected chi connectivity index (χ2v) is 8.04. The maximum absolute atomic E-state index is 13.6. The SMILES string of the molecule is CCNC(=NCCCc1nnc2n1CCCCC2)NCCc1c[nH]c2ccc(F)cc12. The first-order valence-electron chi connectivity index (χ1n) is 11.4. The number of halogens is 1. The van der Waals surface area contributed by atoms with Crippen LogP contribution < -0.4 is 10.6 Å². The van der Waals surface area contributed by atoms with Crippen LogP contribution in [-0.4, -0.2) is 45.3 Å². The van der Waals surface area contributed by atoms with E-state index in [0.717, 1.165) is 85.9 Å². The van der Waals surface area contributed by atoms with E-state index in [-0.39, 0.29) is 5.82 Å². The molecule has 1 aliphatic heterocycles. The van der Waals surface area contributed by atoms with Gasteiger partial charge in [0.25, 0.3) is 0 Å². The summed E-state index contributed by atoms with van der Waals surface area (Å²) in [4.78, 5) is 7.91. The molecule has 31 heavy (non-hydrogen) atoms. The highest BCUT2D eigenvalue weighted by Gasteiger charge is 2.14. The van der Waals surface area contributed by atoms with Crippen molar-refractivity contribution in [2.24, 2.45) is 4.99 Å². The van der Waals surface area contributed by atoms with Crippen molar-refractivity contribution in [1.29, 1.82) is 0 Å². The number of benzene rings is 1. The molecule has 4 rings (SSSR count). The number of guanidine groups is 1. The Hall–Kier alpha value is -2.90. The van der Waals surface area contributed by atoms with E-state index in [4.69, 9.17) is 4.99 Å². The molecule has 0 bridgehead atoms. The third kappa shape index (κ3) is 5.42. The Labute approximate surface area is 182 Å². The molecule has 0 spiro atoms. The monoisotopic (exact) mass is 425 g/mol. The lowest BCUT2D eigenvalue weighted by atomic mass is 10.1. The number of aliphatic imine (C=N–C) groups is 1. The van der Waals surface area contributed by atoms with E-state index in [1.165, 1.54) is 25.3 Å². The summed E-state index contributed by atoms with van der Waals surface area (Å²) in [5.41, 5.74) is 2.06. The number of nitrogens with one attached hydrogen (secondary N) is 3.